The highest BCUT2D eigenvalue weighted by Gasteiger charge is 2.13. The summed E-state index contributed by atoms with van der Waals surface area (Å²) < 4.78 is 7.04. The molecule has 136 valence electrons. The van der Waals surface area contributed by atoms with Gasteiger partial charge in [0, 0.05) is 12.6 Å². The Morgan fingerprint density at radius 3 is 2.74 bits per heavy atom. The van der Waals surface area contributed by atoms with E-state index in [1.54, 1.807) is 23.0 Å². The first kappa shape index (κ1) is 16.8. The predicted molar refractivity (Wildman–Crippen MR) is 101 cm³/mol. The second-order valence-corrected chi connectivity index (χ2v) is 6.06. The molecular weight excluding hydrogens is 344 g/mol. The minimum Gasteiger partial charge on any atom is -0.446 e. The van der Waals surface area contributed by atoms with Gasteiger partial charge in [0.2, 0.25) is 5.91 Å². The molecule has 0 unspecified atom stereocenters. The van der Waals surface area contributed by atoms with E-state index >= 15 is 0 Å². The lowest BCUT2D eigenvalue weighted by Gasteiger charge is -2.07. The number of furan rings is 1. The second-order valence-electron chi connectivity index (χ2n) is 6.06. The number of nitrogens with zero attached hydrogens (tertiary/aromatic N) is 4. The van der Waals surface area contributed by atoms with Crippen LogP contribution in [0.2, 0.25) is 0 Å². The summed E-state index contributed by atoms with van der Waals surface area (Å²) in [7, 11) is 0. The van der Waals surface area contributed by atoms with Gasteiger partial charge in [0.1, 0.15) is 24.1 Å². The molecule has 0 atom stereocenters. The SMILES string of the molecule is Cc1ccc(NC(=O)Cn2cnc3c(NCc4ccccc4)ncnc32)o1. The van der Waals surface area contributed by atoms with E-state index in [1.807, 2.05) is 37.3 Å². The number of rotatable bonds is 6. The highest BCUT2D eigenvalue weighted by molar-refractivity contribution is 5.91. The first-order chi connectivity index (χ1) is 13.2. The lowest BCUT2D eigenvalue weighted by molar-refractivity contribution is -0.116. The maximum Gasteiger partial charge on any atom is 0.246 e. The molecule has 0 saturated heterocycles. The zero-order valence-electron chi connectivity index (χ0n) is 14.7. The summed E-state index contributed by atoms with van der Waals surface area (Å²) in [6.07, 6.45) is 3.04. The number of fused-ring (bicyclic) bond motifs is 1. The number of benzene rings is 1. The molecule has 0 bridgehead atoms. The molecule has 0 saturated carbocycles. The summed E-state index contributed by atoms with van der Waals surface area (Å²) in [5.41, 5.74) is 2.35. The molecule has 0 radical (unpaired) electrons. The van der Waals surface area contributed by atoms with Crippen molar-refractivity contribution < 1.29 is 9.21 Å². The molecule has 3 aromatic heterocycles. The molecule has 8 nitrogen and oxygen atoms in total. The molecule has 0 aliphatic rings. The Kier molecular flexibility index (Phi) is 4.52. The maximum absolute atomic E-state index is 12.2. The van der Waals surface area contributed by atoms with Crippen LogP contribution in [0, 0.1) is 6.92 Å². The third-order valence-corrected chi connectivity index (χ3v) is 4.02. The van der Waals surface area contributed by atoms with Crippen LogP contribution in [-0.2, 0) is 17.9 Å². The normalized spacial score (nSPS) is 10.9. The van der Waals surface area contributed by atoms with Crippen LogP contribution in [0.3, 0.4) is 0 Å². The second kappa shape index (κ2) is 7.28. The number of amides is 1. The molecule has 8 heteroatoms. The van der Waals surface area contributed by atoms with Gasteiger partial charge in [0.05, 0.1) is 6.33 Å². The summed E-state index contributed by atoms with van der Waals surface area (Å²) in [5.74, 6) is 1.56. The van der Waals surface area contributed by atoms with Gasteiger partial charge in [-0.25, -0.2) is 15.0 Å². The monoisotopic (exact) mass is 362 g/mol. The van der Waals surface area contributed by atoms with Gasteiger partial charge in [-0.05, 0) is 18.6 Å². The van der Waals surface area contributed by atoms with Gasteiger partial charge in [0.15, 0.2) is 17.3 Å². The minimum absolute atomic E-state index is 0.0748. The summed E-state index contributed by atoms with van der Waals surface area (Å²) in [6.45, 7) is 2.52. The summed E-state index contributed by atoms with van der Waals surface area (Å²) in [4.78, 5) is 25.2. The minimum atomic E-state index is -0.221. The first-order valence-corrected chi connectivity index (χ1v) is 8.49. The average molecular weight is 362 g/mol. The fourth-order valence-electron chi connectivity index (χ4n) is 2.74. The molecule has 1 amide bonds. The lowest BCUT2D eigenvalue weighted by Crippen LogP contribution is -2.18. The largest absolute Gasteiger partial charge is 0.446 e. The Bertz CT molecular complexity index is 1070. The Labute approximate surface area is 155 Å². The zero-order chi connectivity index (χ0) is 18.6. The van der Waals surface area contributed by atoms with Crippen molar-refractivity contribution in [2.75, 3.05) is 10.6 Å². The van der Waals surface area contributed by atoms with Crippen LogP contribution in [0.5, 0.6) is 0 Å². The Morgan fingerprint density at radius 2 is 1.96 bits per heavy atom. The van der Waals surface area contributed by atoms with Crippen molar-refractivity contribution in [1.29, 1.82) is 0 Å². The molecule has 1 aromatic carbocycles. The van der Waals surface area contributed by atoms with Gasteiger partial charge in [-0.2, -0.15) is 0 Å². The smallest absolute Gasteiger partial charge is 0.246 e. The number of nitrogens with one attached hydrogen (secondary N) is 2. The molecule has 0 aliphatic carbocycles. The Hall–Kier alpha value is -3.68. The number of aromatic nitrogens is 4. The molecule has 0 spiro atoms. The van der Waals surface area contributed by atoms with E-state index in [1.165, 1.54) is 6.33 Å². The molecule has 0 fully saturated rings. The molecule has 27 heavy (non-hydrogen) atoms. The third kappa shape index (κ3) is 3.79. The van der Waals surface area contributed by atoms with Crippen LogP contribution >= 0.6 is 0 Å². The van der Waals surface area contributed by atoms with Gasteiger partial charge in [-0.1, -0.05) is 30.3 Å². The van der Waals surface area contributed by atoms with Crippen LogP contribution in [-0.4, -0.2) is 25.4 Å². The van der Waals surface area contributed by atoms with Crippen molar-refractivity contribution in [3.63, 3.8) is 0 Å². The van der Waals surface area contributed by atoms with Crippen LogP contribution < -0.4 is 10.6 Å². The fourth-order valence-corrected chi connectivity index (χ4v) is 2.74. The molecule has 4 rings (SSSR count). The van der Waals surface area contributed by atoms with Gasteiger partial charge in [0.25, 0.3) is 0 Å². The van der Waals surface area contributed by atoms with Crippen molar-refractivity contribution in [1.82, 2.24) is 19.5 Å². The molecular formula is C19H18N6O2. The summed E-state index contributed by atoms with van der Waals surface area (Å²) >= 11 is 0. The Morgan fingerprint density at radius 1 is 1.11 bits per heavy atom. The van der Waals surface area contributed by atoms with Crippen molar-refractivity contribution in [2.24, 2.45) is 0 Å². The number of hydrogen-bond acceptors (Lipinski definition) is 6. The lowest BCUT2D eigenvalue weighted by atomic mass is 10.2. The molecule has 3 heterocycles. The fraction of sp³-hybridized carbons (Fsp3) is 0.158. The van der Waals surface area contributed by atoms with E-state index in [0.29, 0.717) is 29.4 Å². The van der Waals surface area contributed by atoms with E-state index in [-0.39, 0.29) is 12.5 Å². The first-order valence-electron chi connectivity index (χ1n) is 8.49. The number of carbonyl (C=O) groups excluding carboxylic acids is 1. The molecule has 0 aliphatic heterocycles. The van der Waals surface area contributed by atoms with E-state index in [0.717, 1.165) is 11.3 Å². The van der Waals surface area contributed by atoms with E-state index in [2.05, 4.69) is 25.6 Å². The average Bonchev–Trinajstić information content (AvgIpc) is 3.27. The van der Waals surface area contributed by atoms with E-state index < -0.39 is 0 Å². The Balaban J connectivity index is 1.49. The van der Waals surface area contributed by atoms with Crippen molar-refractivity contribution in [3.8, 4) is 0 Å². The van der Waals surface area contributed by atoms with Gasteiger partial charge in [-0.3, -0.25) is 10.1 Å². The molecule has 2 N–H and O–H groups in total. The standard InChI is InChI=1S/C19H18N6O2/c1-13-7-8-16(27-13)24-15(26)10-25-12-23-17-18(21-11-22-19(17)25)20-9-14-5-3-2-4-6-14/h2-8,11-12H,9-10H2,1H3,(H,24,26)(H,20,21,22). The zero-order valence-corrected chi connectivity index (χ0v) is 14.7. The number of imidazole rings is 1. The van der Waals surface area contributed by atoms with E-state index in [9.17, 15) is 4.79 Å². The number of carbonyl (C=O) groups is 1. The summed E-state index contributed by atoms with van der Waals surface area (Å²) in [6, 6.07) is 13.5. The highest BCUT2D eigenvalue weighted by atomic mass is 16.4. The predicted octanol–water partition coefficient (Wildman–Crippen LogP) is 2.98. The van der Waals surface area contributed by atoms with Gasteiger partial charge < -0.3 is 14.3 Å². The maximum atomic E-state index is 12.2. The van der Waals surface area contributed by atoms with Gasteiger partial charge in [-0.15, -0.1) is 0 Å². The highest BCUT2D eigenvalue weighted by Crippen LogP contribution is 2.18. The van der Waals surface area contributed by atoms with Gasteiger partial charge >= 0.3 is 0 Å². The van der Waals surface area contributed by atoms with Crippen molar-refractivity contribution in [3.05, 3.63) is 66.4 Å². The number of hydrogen-bond donors (Lipinski definition) is 2. The molecule has 4 aromatic rings. The number of aryl methyl sites for hydroxylation is 1. The summed E-state index contributed by atoms with van der Waals surface area (Å²) in [5, 5.41) is 5.98. The van der Waals surface area contributed by atoms with Crippen LogP contribution in [0.15, 0.2) is 59.5 Å². The van der Waals surface area contributed by atoms with Crippen LogP contribution in [0.1, 0.15) is 11.3 Å². The third-order valence-electron chi connectivity index (χ3n) is 4.02. The topological polar surface area (TPSA) is 97.9 Å². The number of anilines is 2. The van der Waals surface area contributed by atoms with Crippen molar-refractivity contribution in [2.45, 2.75) is 20.0 Å². The van der Waals surface area contributed by atoms with Crippen LogP contribution in [0.25, 0.3) is 11.2 Å². The van der Waals surface area contributed by atoms with Crippen molar-refractivity contribution >= 4 is 28.8 Å². The van der Waals surface area contributed by atoms with Crippen LogP contribution in [0.4, 0.5) is 11.7 Å². The quantitative estimate of drug-likeness (QED) is 0.547. The van der Waals surface area contributed by atoms with E-state index in [4.69, 9.17) is 4.42 Å².